The zero-order valence-electron chi connectivity index (χ0n) is 20.7. The van der Waals surface area contributed by atoms with Gasteiger partial charge in [0.05, 0.1) is 36.1 Å². The lowest BCUT2D eigenvalue weighted by atomic mass is 9.86. The van der Waals surface area contributed by atoms with Crippen LogP contribution in [0.25, 0.3) is 22.6 Å². The van der Waals surface area contributed by atoms with Gasteiger partial charge in [-0.05, 0) is 44.5 Å². The number of hydrogen-bond donors (Lipinski definition) is 0. The van der Waals surface area contributed by atoms with Gasteiger partial charge in [-0.1, -0.05) is 24.3 Å². The van der Waals surface area contributed by atoms with Crippen LogP contribution in [-0.2, 0) is 13.1 Å². The molecule has 2 atom stereocenters. The minimum absolute atomic E-state index is 0.314. The van der Waals surface area contributed by atoms with Crippen molar-refractivity contribution in [2.24, 2.45) is 0 Å². The molecule has 4 aromatic rings. The Balaban J connectivity index is 1.20. The molecule has 0 bridgehead atoms. The molecule has 184 valence electrons. The number of pyridine rings is 1. The van der Waals surface area contributed by atoms with Gasteiger partial charge in [0.2, 0.25) is 0 Å². The van der Waals surface area contributed by atoms with E-state index in [4.69, 9.17) is 9.72 Å². The molecule has 0 spiro atoms. The molecule has 0 unspecified atom stereocenters. The third kappa shape index (κ3) is 2.99. The molecule has 3 aromatic heterocycles. The first-order valence-electron chi connectivity index (χ1n) is 12.5. The van der Waals surface area contributed by atoms with E-state index >= 15 is 0 Å². The van der Waals surface area contributed by atoms with Crippen LogP contribution >= 0.6 is 0 Å². The fraction of sp³-hybridized carbons (Fsp3) is 0.407. The molecule has 9 heteroatoms. The Morgan fingerprint density at radius 3 is 2.42 bits per heavy atom. The van der Waals surface area contributed by atoms with Crippen LogP contribution in [-0.4, -0.2) is 72.1 Å². The summed E-state index contributed by atoms with van der Waals surface area (Å²) in [7, 11) is 2.25. The van der Waals surface area contributed by atoms with Crippen LogP contribution in [0.5, 0.6) is 6.01 Å². The topological polar surface area (TPSA) is 72.2 Å². The van der Waals surface area contributed by atoms with Crippen molar-refractivity contribution in [3.63, 3.8) is 0 Å². The van der Waals surface area contributed by atoms with E-state index in [1.165, 1.54) is 37.3 Å². The molecular weight excluding hydrogens is 457 g/mol. The monoisotopic (exact) mass is 485 g/mol. The quantitative estimate of drug-likeness (QED) is 0.397. The summed E-state index contributed by atoms with van der Waals surface area (Å²) in [5.41, 5.74) is 6.04. The molecule has 3 fully saturated rings. The van der Waals surface area contributed by atoms with Gasteiger partial charge >= 0.3 is 6.01 Å². The normalized spacial score (nSPS) is 24.7. The lowest BCUT2D eigenvalue weighted by Crippen LogP contribution is -2.77. The summed E-state index contributed by atoms with van der Waals surface area (Å²) in [4.78, 5) is 23.1. The minimum atomic E-state index is -0.406. The summed E-state index contributed by atoms with van der Waals surface area (Å²) in [5, 5.41) is 0. The van der Waals surface area contributed by atoms with Gasteiger partial charge in [0.15, 0.2) is 5.65 Å². The Kier molecular flexibility index (Phi) is 4.57. The van der Waals surface area contributed by atoms with Crippen molar-refractivity contribution in [2.75, 3.05) is 26.7 Å². The molecule has 2 aliphatic heterocycles. The first-order chi connectivity index (χ1) is 17.4. The highest BCUT2D eigenvalue weighted by atomic mass is 19.1. The summed E-state index contributed by atoms with van der Waals surface area (Å²) >= 11 is 0. The highest BCUT2D eigenvalue weighted by Gasteiger charge is 2.86. The molecule has 0 amide bonds. The summed E-state index contributed by atoms with van der Waals surface area (Å²) in [6.07, 6.45) is 4.14. The predicted octanol–water partition coefficient (Wildman–Crippen LogP) is 3.43. The lowest BCUT2D eigenvalue weighted by molar-refractivity contribution is -0.115. The van der Waals surface area contributed by atoms with Crippen LogP contribution in [0.1, 0.15) is 30.2 Å². The lowest BCUT2D eigenvalue weighted by Gasteiger charge is -2.60. The summed E-state index contributed by atoms with van der Waals surface area (Å²) < 4.78 is 21.6. The van der Waals surface area contributed by atoms with Gasteiger partial charge in [-0.15, -0.1) is 0 Å². The molecular formula is C27H28FN7O. The van der Waals surface area contributed by atoms with Crippen molar-refractivity contribution in [2.45, 2.75) is 44.4 Å². The fourth-order valence-corrected chi connectivity index (χ4v) is 6.36. The number of imidazole rings is 1. The van der Waals surface area contributed by atoms with Crippen LogP contribution in [0.15, 0.2) is 42.7 Å². The average molecular weight is 486 g/mol. The average Bonchev–Trinajstić information content (AvgIpc) is 3.11. The minimum Gasteiger partial charge on any atom is -0.464 e. The summed E-state index contributed by atoms with van der Waals surface area (Å²) in [5.74, 6) is 0.196. The van der Waals surface area contributed by atoms with Crippen molar-refractivity contribution < 1.29 is 9.13 Å². The van der Waals surface area contributed by atoms with Gasteiger partial charge in [0, 0.05) is 31.4 Å². The molecule has 36 heavy (non-hydrogen) atoms. The highest BCUT2D eigenvalue weighted by Crippen LogP contribution is 2.71. The maximum atomic E-state index is 14.0. The van der Waals surface area contributed by atoms with Gasteiger partial charge in [0.25, 0.3) is 0 Å². The summed E-state index contributed by atoms with van der Waals surface area (Å²) in [6, 6.07) is 10.5. The third-order valence-electron chi connectivity index (χ3n) is 8.34. The molecule has 1 aromatic carbocycles. The Morgan fingerprint density at radius 2 is 1.78 bits per heavy atom. The fourth-order valence-electron chi connectivity index (χ4n) is 6.36. The second kappa shape index (κ2) is 7.54. The standard InChI is InChI=1S/C27H28FN7O/c1-4-36-25-30-17(2)22-24(32-25)35(23(31-22)20-9-21(28)11-29-10-20)13-19-7-5-18(6-8-19)12-34-16-26-14-27(26,34)15-33(26)3/h5-11H,4,12-16H2,1-3H3/t26-,27-/m1/s1. The molecule has 7 rings (SSSR count). The number of hydrogen-bond acceptors (Lipinski definition) is 7. The number of nitrogens with zero attached hydrogens (tertiary/aromatic N) is 7. The molecule has 3 aliphatic rings. The molecule has 8 nitrogen and oxygen atoms in total. The van der Waals surface area contributed by atoms with Crippen molar-refractivity contribution in [3.8, 4) is 17.4 Å². The van der Waals surface area contributed by atoms with E-state index in [1.54, 1.807) is 6.20 Å². The predicted molar refractivity (Wildman–Crippen MR) is 133 cm³/mol. The second-order valence-corrected chi connectivity index (χ2v) is 10.4. The molecule has 0 N–H and O–H groups in total. The number of benzene rings is 1. The maximum Gasteiger partial charge on any atom is 0.318 e. The Labute approximate surface area is 208 Å². The number of likely N-dealkylation sites (N-methyl/N-ethyl adjacent to an activating group) is 1. The number of piperazine rings is 1. The van der Waals surface area contributed by atoms with Crippen LogP contribution in [0.4, 0.5) is 4.39 Å². The van der Waals surface area contributed by atoms with E-state index in [0.29, 0.717) is 52.8 Å². The number of halogens is 1. The first kappa shape index (κ1) is 21.8. The van der Waals surface area contributed by atoms with E-state index in [1.807, 2.05) is 18.4 Å². The van der Waals surface area contributed by atoms with Crippen molar-refractivity contribution in [1.29, 1.82) is 0 Å². The summed E-state index contributed by atoms with van der Waals surface area (Å²) in [6.45, 7) is 8.16. The number of ether oxygens (including phenoxy) is 1. The number of fused-ring (bicyclic) bond motifs is 1. The van der Waals surface area contributed by atoms with Gasteiger partial charge < -0.3 is 9.30 Å². The number of likely N-dealkylation sites (tertiary alicyclic amines) is 2. The van der Waals surface area contributed by atoms with Crippen molar-refractivity contribution in [3.05, 3.63) is 65.4 Å². The molecule has 1 saturated carbocycles. The van der Waals surface area contributed by atoms with Crippen molar-refractivity contribution in [1.82, 2.24) is 34.3 Å². The molecule has 0 radical (unpaired) electrons. The Bertz CT molecular complexity index is 1500. The van der Waals surface area contributed by atoms with E-state index in [2.05, 4.69) is 56.1 Å². The van der Waals surface area contributed by atoms with E-state index in [-0.39, 0.29) is 0 Å². The zero-order valence-corrected chi connectivity index (χ0v) is 20.7. The van der Waals surface area contributed by atoms with Crippen LogP contribution in [0.2, 0.25) is 0 Å². The molecule has 1 aliphatic carbocycles. The van der Waals surface area contributed by atoms with E-state index < -0.39 is 5.82 Å². The first-order valence-corrected chi connectivity index (χ1v) is 12.5. The zero-order chi connectivity index (χ0) is 24.7. The maximum absolute atomic E-state index is 14.0. The van der Waals surface area contributed by atoms with Crippen LogP contribution < -0.4 is 4.74 Å². The smallest absolute Gasteiger partial charge is 0.318 e. The number of rotatable bonds is 7. The molecule has 5 heterocycles. The van der Waals surface area contributed by atoms with E-state index in [9.17, 15) is 4.39 Å². The number of aromatic nitrogens is 5. The SMILES string of the molecule is CCOc1nc(C)c2nc(-c3cncc(F)c3)n(Cc3ccc(CN4C[C@]56C[C@]45CN6C)cc3)c2n1. The van der Waals surface area contributed by atoms with Gasteiger partial charge in [-0.2, -0.15) is 9.97 Å². The highest BCUT2D eigenvalue weighted by molar-refractivity contribution is 5.79. The van der Waals surface area contributed by atoms with Crippen LogP contribution in [0.3, 0.4) is 0 Å². The Morgan fingerprint density at radius 1 is 1.00 bits per heavy atom. The van der Waals surface area contributed by atoms with E-state index in [0.717, 1.165) is 17.8 Å². The third-order valence-corrected chi connectivity index (χ3v) is 8.34. The second-order valence-electron chi connectivity index (χ2n) is 10.4. The number of aryl methyl sites for hydroxylation is 1. The van der Waals surface area contributed by atoms with Gasteiger partial charge in [-0.25, -0.2) is 9.37 Å². The molecule has 2 saturated heterocycles. The van der Waals surface area contributed by atoms with Gasteiger partial charge in [-0.3, -0.25) is 14.8 Å². The van der Waals surface area contributed by atoms with Crippen molar-refractivity contribution >= 4 is 11.2 Å². The van der Waals surface area contributed by atoms with Gasteiger partial charge in [0.1, 0.15) is 17.2 Å². The largest absolute Gasteiger partial charge is 0.464 e. The Hall–Kier alpha value is -3.43. The van der Waals surface area contributed by atoms with Crippen LogP contribution in [0, 0.1) is 12.7 Å².